The molecule has 0 spiro atoms. The molecule has 7 heteroatoms. The number of rotatable bonds is 8. The van der Waals surface area contributed by atoms with Crippen LogP contribution in [0.4, 0.5) is 5.69 Å². The average Bonchev–Trinajstić information content (AvgIpc) is 2.72. The highest BCUT2D eigenvalue weighted by Crippen LogP contribution is 2.24. The molecule has 30 heavy (non-hydrogen) atoms. The third-order valence-electron chi connectivity index (χ3n) is 5.07. The first-order chi connectivity index (χ1) is 14.2. The Morgan fingerprint density at radius 2 is 2.00 bits per heavy atom. The van der Waals surface area contributed by atoms with Gasteiger partial charge in [0.25, 0.3) is 5.91 Å². The standard InChI is InChI=1S/C23H35N3O4/c1-5-30-14-8-12-24-20(27)17-9-6-11-19(15-17)25-21(28)18-10-7-13-26(16-18)22(29)23(2,3)4/h6,9,11,15,18H,5,7-8,10,12-14,16H2,1-4H3,(H,24,27)(H,25,28). The van der Waals surface area contributed by atoms with Crippen molar-refractivity contribution in [3.05, 3.63) is 29.8 Å². The number of anilines is 1. The number of hydrogen-bond donors (Lipinski definition) is 2. The van der Waals surface area contributed by atoms with E-state index in [-0.39, 0.29) is 23.6 Å². The monoisotopic (exact) mass is 417 g/mol. The van der Waals surface area contributed by atoms with Crippen LogP contribution in [0.3, 0.4) is 0 Å². The van der Waals surface area contributed by atoms with Crippen molar-refractivity contribution in [2.24, 2.45) is 11.3 Å². The van der Waals surface area contributed by atoms with Crippen molar-refractivity contribution in [2.75, 3.05) is 38.2 Å². The van der Waals surface area contributed by atoms with Gasteiger partial charge < -0.3 is 20.3 Å². The van der Waals surface area contributed by atoms with Gasteiger partial charge in [-0.2, -0.15) is 0 Å². The van der Waals surface area contributed by atoms with Gasteiger partial charge in [-0.1, -0.05) is 26.8 Å². The highest BCUT2D eigenvalue weighted by Gasteiger charge is 2.33. The molecule has 1 aliphatic rings. The lowest BCUT2D eigenvalue weighted by atomic mass is 9.91. The fourth-order valence-corrected chi connectivity index (χ4v) is 3.46. The fourth-order valence-electron chi connectivity index (χ4n) is 3.46. The van der Waals surface area contributed by atoms with E-state index in [0.29, 0.717) is 44.1 Å². The van der Waals surface area contributed by atoms with E-state index in [0.717, 1.165) is 19.3 Å². The van der Waals surface area contributed by atoms with E-state index in [4.69, 9.17) is 4.74 Å². The molecule has 1 fully saturated rings. The molecule has 0 aliphatic carbocycles. The van der Waals surface area contributed by atoms with Crippen LogP contribution in [-0.4, -0.2) is 55.5 Å². The number of benzene rings is 1. The first-order valence-electron chi connectivity index (χ1n) is 10.8. The lowest BCUT2D eigenvalue weighted by molar-refractivity contribution is -0.142. The first-order valence-corrected chi connectivity index (χ1v) is 10.8. The molecular formula is C23H35N3O4. The lowest BCUT2D eigenvalue weighted by Crippen LogP contribution is -2.47. The normalized spacial score (nSPS) is 16.8. The van der Waals surface area contributed by atoms with Crippen LogP contribution in [0.5, 0.6) is 0 Å². The van der Waals surface area contributed by atoms with Gasteiger partial charge in [0.2, 0.25) is 11.8 Å². The molecule has 0 radical (unpaired) electrons. The molecule has 1 aromatic rings. The van der Waals surface area contributed by atoms with Crippen molar-refractivity contribution in [3.63, 3.8) is 0 Å². The van der Waals surface area contributed by atoms with E-state index in [2.05, 4.69) is 10.6 Å². The summed E-state index contributed by atoms with van der Waals surface area (Å²) in [4.78, 5) is 39.4. The number of ether oxygens (including phenoxy) is 1. The zero-order valence-corrected chi connectivity index (χ0v) is 18.6. The molecular weight excluding hydrogens is 382 g/mol. The molecule has 3 amide bonds. The van der Waals surface area contributed by atoms with Crippen LogP contribution >= 0.6 is 0 Å². The molecule has 0 bridgehead atoms. The molecule has 1 unspecified atom stereocenters. The third-order valence-corrected chi connectivity index (χ3v) is 5.07. The summed E-state index contributed by atoms with van der Waals surface area (Å²) in [5.41, 5.74) is 0.626. The fraction of sp³-hybridized carbons (Fsp3) is 0.609. The first kappa shape index (κ1) is 23.9. The van der Waals surface area contributed by atoms with Crippen molar-refractivity contribution in [3.8, 4) is 0 Å². The van der Waals surface area contributed by atoms with E-state index in [1.165, 1.54) is 0 Å². The molecule has 1 atom stereocenters. The highest BCUT2D eigenvalue weighted by molar-refractivity contribution is 5.98. The molecule has 0 aromatic heterocycles. The van der Waals surface area contributed by atoms with E-state index in [1.54, 1.807) is 29.2 Å². The summed E-state index contributed by atoms with van der Waals surface area (Å²) in [7, 11) is 0. The van der Waals surface area contributed by atoms with Gasteiger partial charge in [-0.05, 0) is 44.4 Å². The second kappa shape index (κ2) is 11.1. The second-order valence-corrected chi connectivity index (χ2v) is 8.72. The number of piperidine rings is 1. The smallest absolute Gasteiger partial charge is 0.251 e. The van der Waals surface area contributed by atoms with Gasteiger partial charge in [-0.25, -0.2) is 0 Å². The Bertz CT molecular complexity index is 742. The molecule has 1 heterocycles. The van der Waals surface area contributed by atoms with Crippen molar-refractivity contribution >= 4 is 23.4 Å². The summed E-state index contributed by atoms with van der Waals surface area (Å²) in [6, 6.07) is 6.92. The highest BCUT2D eigenvalue weighted by atomic mass is 16.5. The minimum atomic E-state index is -0.456. The van der Waals surface area contributed by atoms with Crippen LogP contribution in [0.1, 0.15) is 57.3 Å². The quantitative estimate of drug-likeness (QED) is 0.637. The molecule has 1 aliphatic heterocycles. The largest absolute Gasteiger partial charge is 0.382 e. The zero-order chi connectivity index (χ0) is 22.1. The summed E-state index contributed by atoms with van der Waals surface area (Å²) in [5, 5.41) is 5.77. The van der Waals surface area contributed by atoms with Crippen LogP contribution < -0.4 is 10.6 Å². The Hall–Kier alpha value is -2.41. The van der Waals surface area contributed by atoms with Crippen molar-refractivity contribution in [2.45, 2.75) is 47.0 Å². The predicted molar refractivity (Wildman–Crippen MR) is 117 cm³/mol. The van der Waals surface area contributed by atoms with Gasteiger partial charge in [-0.3, -0.25) is 14.4 Å². The molecule has 2 rings (SSSR count). The predicted octanol–water partition coefficient (Wildman–Crippen LogP) is 3.07. The molecule has 1 aromatic carbocycles. The second-order valence-electron chi connectivity index (χ2n) is 8.72. The molecule has 2 N–H and O–H groups in total. The molecule has 0 saturated carbocycles. The van der Waals surface area contributed by atoms with E-state index < -0.39 is 5.41 Å². The van der Waals surface area contributed by atoms with Gasteiger partial charge in [0.15, 0.2) is 0 Å². The summed E-state index contributed by atoms with van der Waals surface area (Å²) < 4.78 is 5.26. The maximum atomic E-state index is 12.8. The number of nitrogens with one attached hydrogen (secondary N) is 2. The van der Waals surface area contributed by atoms with Gasteiger partial charge in [0.1, 0.15) is 0 Å². The topological polar surface area (TPSA) is 87.7 Å². The Kier molecular flexibility index (Phi) is 8.84. The summed E-state index contributed by atoms with van der Waals surface area (Å²) in [6.07, 6.45) is 2.31. The van der Waals surface area contributed by atoms with Crippen molar-refractivity contribution in [1.29, 1.82) is 0 Å². The number of amides is 3. The third kappa shape index (κ3) is 7.13. The summed E-state index contributed by atoms with van der Waals surface area (Å²) >= 11 is 0. The zero-order valence-electron chi connectivity index (χ0n) is 18.6. The van der Waals surface area contributed by atoms with Crippen molar-refractivity contribution < 1.29 is 19.1 Å². The van der Waals surface area contributed by atoms with E-state index in [9.17, 15) is 14.4 Å². The number of hydrogen-bond acceptors (Lipinski definition) is 4. The molecule has 166 valence electrons. The van der Waals surface area contributed by atoms with Crippen molar-refractivity contribution in [1.82, 2.24) is 10.2 Å². The average molecular weight is 418 g/mol. The van der Waals surface area contributed by atoms with Gasteiger partial charge >= 0.3 is 0 Å². The van der Waals surface area contributed by atoms with Crippen LogP contribution in [0.25, 0.3) is 0 Å². The van der Waals surface area contributed by atoms with Crippen LogP contribution in [0.2, 0.25) is 0 Å². The summed E-state index contributed by atoms with van der Waals surface area (Å²) in [6.45, 7) is 10.6. The minimum Gasteiger partial charge on any atom is -0.382 e. The van der Waals surface area contributed by atoms with Crippen LogP contribution in [0, 0.1) is 11.3 Å². The Labute approximate surface area is 179 Å². The van der Waals surface area contributed by atoms with Gasteiger partial charge in [0, 0.05) is 49.5 Å². The molecule has 1 saturated heterocycles. The Balaban J connectivity index is 1.91. The number of carbonyl (C=O) groups is 3. The minimum absolute atomic E-state index is 0.0722. The van der Waals surface area contributed by atoms with Crippen LogP contribution in [0.15, 0.2) is 24.3 Å². The number of nitrogens with zero attached hydrogens (tertiary/aromatic N) is 1. The lowest BCUT2D eigenvalue weighted by Gasteiger charge is -2.35. The maximum absolute atomic E-state index is 12.8. The van der Waals surface area contributed by atoms with Gasteiger partial charge in [0.05, 0.1) is 5.92 Å². The van der Waals surface area contributed by atoms with Crippen LogP contribution in [-0.2, 0) is 14.3 Å². The Morgan fingerprint density at radius 3 is 2.70 bits per heavy atom. The van der Waals surface area contributed by atoms with Gasteiger partial charge in [-0.15, -0.1) is 0 Å². The van der Waals surface area contributed by atoms with E-state index in [1.807, 2.05) is 27.7 Å². The Morgan fingerprint density at radius 1 is 1.23 bits per heavy atom. The van der Waals surface area contributed by atoms with E-state index >= 15 is 0 Å². The SMILES string of the molecule is CCOCCCNC(=O)c1cccc(NC(=O)C2CCCN(C(=O)C(C)(C)C)C2)c1. The molecule has 7 nitrogen and oxygen atoms in total. The number of carbonyl (C=O) groups excluding carboxylic acids is 3. The maximum Gasteiger partial charge on any atom is 0.251 e. The number of likely N-dealkylation sites (tertiary alicyclic amines) is 1. The summed E-state index contributed by atoms with van der Waals surface area (Å²) in [5.74, 6) is -0.470.